The molecule has 130 valence electrons. The number of esters is 1. The molecular formula is C16H20N2O5S. The first kappa shape index (κ1) is 18.1. The third-order valence-electron chi connectivity index (χ3n) is 3.89. The molecule has 1 saturated heterocycles. The minimum atomic E-state index is -0.586. The van der Waals surface area contributed by atoms with Crippen molar-refractivity contribution in [2.24, 2.45) is 11.7 Å². The van der Waals surface area contributed by atoms with Crippen molar-refractivity contribution >= 4 is 34.9 Å². The number of nitrogens with two attached hydrogens (primary N) is 1. The van der Waals surface area contributed by atoms with Crippen molar-refractivity contribution < 1.29 is 23.9 Å². The molecule has 1 aromatic heterocycles. The summed E-state index contributed by atoms with van der Waals surface area (Å²) >= 11 is 1.32. The van der Waals surface area contributed by atoms with Crippen molar-refractivity contribution in [3.8, 4) is 0 Å². The van der Waals surface area contributed by atoms with E-state index in [1.54, 1.807) is 17.5 Å². The molecule has 2 rings (SSSR count). The van der Waals surface area contributed by atoms with Gasteiger partial charge in [-0.25, -0.2) is 0 Å². The van der Waals surface area contributed by atoms with Crippen LogP contribution in [0.4, 0.5) is 0 Å². The second-order valence-corrected chi connectivity index (χ2v) is 6.59. The van der Waals surface area contributed by atoms with Gasteiger partial charge in [-0.3, -0.25) is 19.2 Å². The average Bonchev–Trinajstić information content (AvgIpc) is 3.12. The Bertz CT molecular complexity index is 614. The largest absolute Gasteiger partial charge is 0.456 e. The standard InChI is InChI=1S/C16H20N2O5S/c17-16(22)11-3-1-7-18(9-11)14(20)10-23-15(21)6-5-12(19)13-4-2-8-24-13/h2,4,8,11H,1,3,5-7,9-10H2,(H2,17,22)/t11-/m0/s1. The molecule has 0 unspecified atom stereocenters. The lowest BCUT2D eigenvalue weighted by atomic mass is 9.97. The maximum absolute atomic E-state index is 12.0. The zero-order valence-corrected chi connectivity index (χ0v) is 14.0. The summed E-state index contributed by atoms with van der Waals surface area (Å²) in [6.07, 6.45) is 1.36. The molecular weight excluding hydrogens is 332 g/mol. The molecule has 0 saturated carbocycles. The number of ether oxygens (including phenoxy) is 1. The van der Waals surface area contributed by atoms with Gasteiger partial charge in [-0.15, -0.1) is 11.3 Å². The number of piperidine rings is 1. The fourth-order valence-electron chi connectivity index (χ4n) is 2.52. The number of rotatable bonds is 7. The van der Waals surface area contributed by atoms with E-state index in [4.69, 9.17) is 10.5 Å². The molecule has 0 bridgehead atoms. The van der Waals surface area contributed by atoms with E-state index in [9.17, 15) is 19.2 Å². The zero-order valence-electron chi connectivity index (χ0n) is 13.2. The smallest absolute Gasteiger partial charge is 0.306 e. The molecule has 2 N–H and O–H groups in total. The van der Waals surface area contributed by atoms with E-state index < -0.39 is 11.9 Å². The van der Waals surface area contributed by atoms with Crippen LogP contribution in [-0.2, 0) is 19.1 Å². The molecule has 0 radical (unpaired) electrons. The molecule has 7 nitrogen and oxygen atoms in total. The van der Waals surface area contributed by atoms with Crippen LogP contribution in [0, 0.1) is 5.92 Å². The Kier molecular flexibility index (Phi) is 6.48. The van der Waals surface area contributed by atoms with E-state index in [1.165, 1.54) is 16.2 Å². The molecule has 2 heterocycles. The number of amides is 2. The van der Waals surface area contributed by atoms with E-state index in [1.807, 2.05) is 0 Å². The van der Waals surface area contributed by atoms with Gasteiger partial charge in [-0.2, -0.15) is 0 Å². The molecule has 24 heavy (non-hydrogen) atoms. The second kappa shape index (κ2) is 8.58. The summed E-state index contributed by atoms with van der Waals surface area (Å²) in [5, 5.41) is 1.79. The third kappa shape index (κ3) is 5.16. The zero-order chi connectivity index (χ0) is 17.5. The highest BCUT2D eigenvalue weighted by Gasteiger charge is 2.27. The Morgan fingerprint density at radius 2 is 2.08 bits per heavy atom. The van der Waals surface area contributed by atoms with Crippen molar-refractivity contribution in [2.45, 2.75) is 25.7 Å². The maximum Gasteiger partial charge on any atom is 0.306 e. The van der Waals surface area contributed by atoms with Crippen LogP contribution in [-0.4, -0.2) is 48.2 Å². The van der Waals surface area contributed by atoms with Crippen LogP contribution in [0.15, 0.2) is 17.5 Å². The number of Topliss-reactive ketones (excluding diaryl/α,β-unsaturated/α-hetero) is 1. The van der Waals surface area contributed by atoms with Gasteiger partial charge in [-0.05, 0) is 24.3 Å². The fraction of sp³-hybridized carbons (Fsp3) is 0.500. The van der Waals surface area contributed by atoms with E-state index in [2.05, 4.69) is 0 Å². The van der Waals surface area contributed by atoms with Gasteiger partial charge >= 0.3 is 5.97 Å². The number of carbonyl (C=O) groups is 4. The Morgan fingerprint density at radius 1 is 1.29 bits per heavy atom. The molecule has 0 aromatic carbocycles. The van der Waals surface area contributed by atoms with Gasteiger partial charge in [0, 0.05) is 19.5 Å². The monoisotopic (exact) mass is 352 g/mol. The SMILES string of the molecule is NC(=O)[C@H]1CCCN(C(=O)COC(=O)CCC(=O)c2cccs2)C1. The number of hydrogen-bond acceptors (Lipinski definition) is 6. The normalized spacial score (nSPS) is 17.3. The molecule has 1 atom stereocenters. The van der Waals surface area contributed by atoms with Gasteiger partial charge in [0.2, 0.25) is 5.91 Å². The minimum absolute atomic E-state index is 0.0565. The number of likely N-dealkylation sites (tertiary alicyclic amines) is 1. The van der Waals surface area contributed by atoms with Gasteiger partial charge in [0.15, 0.2) is 12.4 Å². The van der Waals surface area contributed by atoms with E-state index in [0.717, 1.165) is 0 Å². The molecule has 1 aliphatic rings. The Hall–Kier alpha value is -2.22. The number of nitrogens with zero attached hydrogens (tertiary/aromatic N) is 1. The van der Waals surface area contributed by atoms with Crippen molar-refractivity contribution in [1.82, 2.24) is 4.90 Å². The van der Waals surface area contributed by atoms with Crippen LogP contribution in [0.25, 0.3) is 0 Å². The van der Waals surface area contributed by atoms with Crippen LogP contribution in [0.2, 0.25) is 0 Å². The van der Waals surface area contributed by atoms with Crippen molar-refractivity contribution in [3.63, 3.8) is 0 Å². The Labute approximate surface area is 143 Å². The average molecular weight is 352 g/mol. The molecule has 2 amide bonds. The lowest BCUT2D eigenvalue weighted by Crippen LogP contribution is -2.45. The maximum atomic E-state index is 12.0. The van der Waals surface area contributed by atoms with Crippen LogP contribution in [0.3, 0.4) is 0 Å². The number of hydrogen-bond donors (Lipinski definition) is 1. The molecule has 0 spiro atoms. The molecule has 0 aliphatic carbocycles. The summed E-state index contributed by atoms with van der Waals surface area (Å²) < 4.78 is 4.93. The van der Waals surface area contributed by atoms with Crippen LogP contribution < -0.4 is 5.73 Å². The molecule has 1 fully saturated rings. The van der Waals surface area contributed by atoms with Crippen molar-refractivity contribution in [1.29, 1.82) is 0 Å². The van der Waals surface area contributed by atoms with Gasteiger partial charge in [-0.1, -0.05) is 6.07 Å². The summed E-state index contributed by atoms with van der Waals surface area (Å²) in [6, 6.07) is 3.47. The molecule has 8 heteroatoms. The van der Waals surface area contributed by atoms with Crippen LogP contribution in [0.1, 0.15) is 35.4 Å². The first-order chi connectivity index (χ1) is 11.5. The summed E-state index contributed by atoms with van der Waals surface area (Å²) in [7, 11) is 0. The highest BCUT2D eigenvalue weighted by atomic mass is 32.1. The lowest BCUT2D eigenvalue weighted by Gasteiger charge is -2.31. The summed E-state index contributed by atoms with van der Waals surface area (Å²) in [5.74, 6) is -1.82. The van der Waals surface area contributed by atoms with Crippen LogP contribution in [0.5, 0.6) is 0 Å². The first-order valence-electron chi connectivity index (χ1n) is 7.77. The fourth-order valence-corrected chi connectivity index (χ4v) is 3.21. The van der Waals surface area contributed by atoms with Crippen LogP contribution >= 0.6 is 11.3 Å². The van der Waals surface area contributed by atoms with Crippen molar-refractivity contribution in [2.75, 3.05) is 19.7 Å². The Balaban J connectivity index is 1.70. The topological polar surface area (TPSA) is 107 Å². The van der Waals surface area contributed by atoms with Gasteiger partial charge in [0.1, 0.15) is 0 Å². The van der Waals surface area contributed by atoms with E-state index in [0.29, 0.717) is 24.3 Å². The summed E-state index contributed by atoms with van der Waals surface area (Å²) in [6.45, 7) is 0.414. The predicted octanol–water partition coefficient (Wildman–Crippen LogP) is 0.978. The summed E-state index contributed by atoms with van der Waals surface area (Å²) in [4.78, 5) is 48.8. The number of ketones is 1. The number of primary amides is 1. The molecule has 1 aromatic rings. The number of thiophene rings is 1. The lowest BCUT2D eigenvalue weighted by molar-refractivity contribution is -0.153. The molecule has 1 aliphatic heterocycles. The highest BCUT2D eigenvalue weighted by molar-refractivity contribution is 7.12. The third-order valence-corrected chi connectivity index (χ3v) is 4.80. The highest BCUT2D eigenvalue weighted by Crippen LogP contribution is 2.16. The van der Waals surface area contributed by atoms with E-state index in [-0.39, 0.29) is 43.6 Å². The van der Waals surface area contributed by atoms with E-state index >= 15 is 0 Å². The number of carbonyl (C=O) groups excluding carboxylic acids is 4. The quantitative estimate of drug-likeness (QED) is 0.581. The van der Waals surface area contributed by atoms with Gasteiger partial charge < -0.3 is 15.4 Å². The predicted molar refractivity (Wildman–Crippen MR) is 87.3 cm³/mol. The van der Waals surface area contributed by atoms with Crippen molar-refractivity contribution in [3.05, 3.63) is 22.4 Å². The van der Waals surface area contributed by atoms with Gasteiger partial charge in [0.05, 0.1) is 17.2 Å². The van der Waals surface area contributed by atoms with Gasteiger partial charge in [0.25, 0.3) is 5.91 Å². The summed E-state index contributed by atoms with van der Waals surface area (Å²) in [5.41, 5.74) is 5.27. The second-order valence-electron chi connectivity index (χ2n) is 5.64. The first-order valence-corrected chi connectivity index (χ1v) is 8.64. The minimum Gasteiger partial charge on any atom is -0.456 e. The Morgan fingerprint density at radius 3 is 2.75 bits per heavy atom.